The van der Waals surface area contributed by atoms with Crippen molar-refractivity contribution in [1.82, 2.24) is 14.7 Å². The number of hydrogen-bond donors (Lipinski definition) is 1. The minimum Gasteiger partial charge on any atom is -0.467 e. The summed E-state index contributed by atoms with van der Waals surface area (Å²) in [5, 5.41) is -0.835. The summed E-state index contributed by atoms with van der Waals surface area (Å²) in [6, 6.07) is -1.33. The van der Waals surface area contributed by atoms with Crippen molar-refractivity contribution in [2.45, 2.75) is 74.2 Å². The van der Waals surface area contributed by atoms with Gasteiger partial charge in [0.2, 0.25) is 17.7 Å². The number of methoxy groups -OCH3 is 1. The number of rotatable bonds is 4. The predicted octanol–water partition coefficient (Wildman–Crippen LogP) is 1.06. The predicted molar refractivity (Wildman–Crippen MR) is 114 cm³/mol. The second kappa shape index (κ2) is 8.94. The molecule has 3 aliphatic heterocycles. The number of esters is 1. The number of ether oxygens (including phenoxy) is 1. The zero-order chi connectivity index (χ0) is 22.2. The van der Waals surface area contributed by atoms with Crippen molar-refractivity contribution < 1.29 is 23.9 Å². The van der Waals surface area contributed by atoms with E-state index in [1.807, 2.05) is 0 Å². The quantitative estimate of drug-likeness (QED) is 0.386. The van der Waals surface area contributed by atoms with Crippen LogP contribution in [0, 0.1) is 0 Å². The van der Waals surface area contributed by atoms with Gasteiger partial charge in [-0.1, -0.05) is 0 Å². The van der Waals surface area contributed by atoms with Crippen LogP contribution in [-0.2, 0) is 23.9 Å². The van der Waals surface area contributed by atoms with Crippen molar-refractivity contribution in [3.63, 3.8) is 0 Å². The highest BCUT2D eigenvalue weighted by Crippen LogP contribution is 2.35. The van der Waals surface area contributed by atoms with Gasteiger partial charge in [-0.25, -0.2) is 4.79 Å². The van der Waals surface area contributed by atoms with E-state index in [0.29, 0.717) is 51.7 Å². The molecule has 5 atom stereocenters. The van der Waals surface area contributed by atoms with Crippen LogP contribution in [0.25, 0.3) is 0 Å². The van der Waals surface area contributed by atoms with Crippen LogP contribution in [0.15, 0.2) is 0 Å². The van der Waals surface area contributed by atoms with E-state index >= 15 is 0 Å². The fourth-order valence-electron chi connectivity index (χ4n) is 4.94. The van der Waals surface area contributed by atoms with E-state index in [0.717, 1.165) is 0 Å². The van der Waals surface area contributed by atoms with Gasteiger partial charge in [-0.2, -0.15) is 12.6 Å². The minimum absolute atomic E-state index is 0.116. The molecule has 0 aromatic rings. The third-order valence-electron chi connectivity index (χ3n) is 6.54. The lowest BCUT2D eigenvalue weighted by Crippen LogP contribution is -2.60. The minimum atomic E-state index is -1.01. The molecule has 3 heterocycles. The van der Waals surface area contributed by atoms with Crippen LogP contribution in [0.3, 0.4) is 0 Å². The second-order valence-electron chi connectivity index (χ2n) is 8.56. The van der Waals surface area contributed by atoms with Crippen molar-refractivity contribution in [2.24, 2.45) is 0 Å². The van der Waals surface area contributed by atoms with Gasteiger partial charge in [0.05, 0.1) is 7.11 Å². The van der Waals surface area contributed by atoms with E-state index in [1.54, 1.807) is 23.6 Å². The smallest absolute Gasteiger partial charge is 0.328 e. The number of likely N-dealkylation sites (tertiary alicyclic amines) is 3. The third-order valence-corrected chi connectivity index (χ3v) is 7.10. The van der Waals surface area contributed by atoms with Gasteiger partial charge in [0.15, 0.2) is 0 Å². The summed E-state index contributed by atoms with van der Waals surface area (Å²) in [5.41, 5.74) is -1.01. The first kappa shape index (κ1) is 23.2. The van der Waals surface area contributed by atoms with E-state index < -0.39 is 29.0 Å². The normalized spacial score (nSPS) is 32.4. The van der Waals surface area contributed by atoms with Crippen LogP contribution < -0.4 is 0 Å². The lowest BCUT2D eigenvalue weighted by Gasteiger charge is -2.39. The largest absolute Gasteiger partial charge is 0.467 e. The summed E-state index contributed by atoms with van der Waals surface area (Å²) in [6.07, 6.45) is 2.89. The highest BCUT2D eigenvalue weighted by Gasteiger charge is 2.52. The zero-order valence-corrected chi connectivity index (χ0v) is 19.3. The van der Waals surface area contributed by atoms with Gasteiger partial charge >= 0.3 is 5.97 Å². The first-order valence-electron chi connectivity index (χ1n) is 10.4. The molecular formula is C20H30ClN3O5S. The monoisotopic (exact) mass is 459 g/mol. The molecule has 0 aromatic heterocycles. The summed E-state index contributed by atoms with van der Waals surface area (Å²) in [7, 11) is 1.30. The highest BCUT2D eigenvalue weighted by atomic mass is 35.5. The molecule has 0 N–H and O–H groups in total. The molecule has 3 fully saturated rings. The topological polar surface area (TPSA) is 87.2 Å². The molecule has 0 aliphatic carbocycles. The first-order valence-corrected chi connectivity index (χ1v) is 11.4. The Hall–Kier alpha value is -1.48. The average molecular weight is 460 g/mol. The van der Waals surface area contributed by atoms with Gasteiger partial charge in [0, 0.05) is 24.9 Å². The average Bonchev–Trinajstić information content (AvgIpc) is 3.44. The standard InChI is InChI=1S/C20H30ClN3O5S/c1-12(21)16(25)24-9-5-7-20(24,2)19(28)22-8-4-6-14(22)17(26)23-11-13(30)10-15(23)18(27)29-3/h12-15,30H,4-11H2,1-3H3/t12-,13-,14-,15-,20-/m0/s1. The highest BCUT2D eigenvalue weighted by molar-refractivity contribution is 7.81. The van der Waals surface area contributed by atoms with Crippen LogP contribution in [0.4, 0.5) is 0 Å². The van der Waals surface area contributed by atoms with Crippen LogP contribution in [0.1, 0.15) is 46.0 Å². The summed E-state index contributed by atoms with van der Waals surface area (Å²) in [4.78, 5) is 56.3. The van der Waals surface area contributed by atoms with Gasteiger partial charge in [0.1, 0.15) is 23.0 Å². The molecule has 3 amide bonds. The number of carbonyl (C=O) groups excluding carboxylic acids is 4. The zero-order valence-electron chi connectivity index (χ0n) is 17.7. The number of carbonyl (C=O) groups is 4. The van der Waals surface area contributed by atoms with E-state index in [4.69, 9.17) is 16.3 Å². The number of halogens is 1. The molecule has 30 heavy (non-hydrogen) atoms. The Morgan fingerprint density at radius 2 is 1.83 bits per heavy atom. The van der Waals surface area contributed by atoms with Gasteiger partial charge in [-0.3, -0.25) is 14.4 Å². The lowest BCUT2D eigenvalue weighted by atomic mass is 9.95. The Balaban J connectivity index is 1.81. The summed E-state index contributed by atoms with van der Waals surface area (Å²) >= 11 is 10.5. The molecular weight excluding hydrogens is 430 g/mol. The molecule has 10 heteroatoms. The Kier molecular flexibility index (Phi) is 6.91. The van der Waals surface area contributed by atoms with Crippen LogP contribution in [-0.4, -0.2) is 93.4 Å². The Bertz CT molecular complexity index is 735. The molecule has 3 saturated heterocycles. The van der Waals surface area contributed by atoms with Crippen LogP contribution in [0.2, 0.25) is 0 Å². The third kappa shape index (κ3) is 4.02. The molecule has 0 bridgehead atoms. The van der Waals surface area contributed by atoms with E-state index in [9.17, 15) is 19.2 Å². The molecule has 0 saturated carbocycles. The van der Waals surface area contributed by atoms with E-state index in [2.05, 4.69) is 12.6 Å². The maximum absolute atomic E-state index is 13.6. The van der Waals surface area contributed by atoms with Crippen molar-refractivity contribution in [1.29, 1.82) is 0 Å². The summed E-state index contributed by atoms with van der Waals surface area (Å²) < 4.78 is 4.86. The fourth-order valence-corrected chi connectivity index (χ4v) is 5.43. The second-order valence-corrected chi connectivity index (χ2v) is 9.94. The number of amides is 3. The van der Waals surface area contributed by atoms with Crippen molar-refractivity contribution in [3.8, 4) is 0 Å². The van der Waals surface area contributed by atoms with Crippen molar-refractivity contribution in [2.75, 3.05) is 26.7 Å². The Morgan fingerprint density at radius 1 is 1.13 bits per heavy atom. The maximum atomic E-state index is 13.6. The molecule has 0 radical (unpaired) electrons. The number of alkyl halides is 1. The molecule has 3 aliphatic rings. The van der Waals surface area contributed by atoms with Crippen molar-refractivity contribution in [3.05, 3.63) is 0 Å². The summed E-state index contributed by atoms with van der Waals surface area (Å²) in [5.74, 6) is -1.21. The maximum Gasteiger partial charge on any atom is 0.328 e. The van der Waals surface area contributed by atoms with E-state index in [-0.39, 0.29) is 23.0 Å². The molecule has 0 unspecified atom stereocenters. The fraction of sp³-hybridized carbons (Fsp3) is 0.800. The summed E-state index contributed by atoms with van der Waals surface area (Å²) in [6.45, 7) is 4.62. The molecule has 0 aromatic carbocycles. The Labute approximate surface area is 187 Å². The van der Waals surface area contributed by atoms with Crippen LogP contribution in [0.5, 0.6) is 0 Å². The van der Waals surface area contributed by atoms with Gasteiger partial charge in [0.25, 0.3) is 0 Å². The lowest BCUT2D eigenvalue weighted by molar-refractivity contribution is -0.157. The van der Waals surface area contributed by atoms with Gasteiger partial charge in [-0.05, 0) is 46.0 Å². The number of hydrogen-bond acceptors (Lipinski definition) is 6. The number of thiol groups is 1. The first-order chi connectivity index (χ1) is 14.1. The van der Waals surface area contributed by atoms with Crippen molar-refractivity contribution >= 4 is 47.9 Å². The van der Waals surface area contributed by atoms with E-state index in [1.165, 1.54) is 12.0 Å². The number of nitrogens with zero attached hydrogens (tertiary/aromatic N) is 3. The van der Waals surface area contributed by atoms with Crippen LogP contribution >= 0.6 is 24.2 Å². The molecule has 3 rings (SSSR count). The van der Waals surface area contributed by atoms with Gasteiger partial charge < -0.3 is 19.4 Å². The molecule has 0 spiro atoms. The van der Waals surface area contributed by atoms with Gasteiger partial charge in [-0.15, -0.1) is 11.6 Å². The molecule has 8 nitrogen and oxygen atoms in total. The Morgan fingerprint density at radius 3 is 2.47 bits per heavy atom. The molecule has 168 valence electrons. The SMILES string of the molecule is COC(=O)[C@@H]1C[C@H](S)CN1C(=O)[C@@H]1CCCN1C(=O)[C@]1(C)CCCN1C(=O)[C@H](C)Cl.